The van der Waals surface area contributed by atoms with Crippen molar-refractivity contribution in [1.29, 1.82) is 0 Å². The number of carbonyl (C=O) groups is 1. The van der Waals surface area contributed by atoms with Gasteiger partial charge in [-0.2, -0.15) is 13.2 Å². The van der Waals surface area contributed by atoms with Crippen molar-refractivity contribution in [2.75, 3.05) is 11.9 Å². The smallest absolute Gasteiger partial charge is 0.371 e. The van der Waals surface area contributed by atoms with Crippen molar-refractivity contribution in [3.63, 3.8) is 0 Å². The van der Waals surface area contributed by atoms with Gasteiger partial charge in [0.05, 0.1) is 11.7 Å². The molecule has 1 aliphatic rings. The maximum absolute atomic E-state index is 12.8. The molecule has 2 heterocycles. The molecular weight excluding hydrogens is 391 g/mol. The van der Waals surface area contributed by atoms with E-state index < -0.39 is 42.2 Å². The molecule has 0 radical (unpaired) electrons. The van der Waals surface area contributed by atoms with Crippen LogP contribution in [0.2, 0.25) is 0 Å². The highest BCUT2D eigenvalue weighted by molar-refractivity contribution is 5.94. The zero-order valence-corrected chi connectivity index (χ0v) is 16.8. The van der Waals surface area contributed by atoms with E-state index in [0.717, 1.165) is 0 Å². The van der Waals surface area contributed by atoms with Gasteiger partial charge in [0.1, 0.15) is 17.9 Å². The minimum Gasteiger partial charge on any atom is -0.371 e. The summed E-state index contributed by atoms with van der Waals surface area (Å²) in [6, 6.07) is 0.375. The maximum atomic E-state index is 12.8. The van der Waals surface area contributed by atoms with Crippen LogP contribution in [-0.2, 0) is 16.1 Å². The lowest BCUT2D eigenvalue weighted by molar-refractivity contribution is -0.152. The third-order valence-electron chi connectivity index (χ3n) is 4.32. The fourth-order valence-corrected chi connectivity index (χ4v) is 2.95. The van der Waals surface area contributed by atoms with Crippen LogP contribution in [0.25, 0.3) is 0 Å². The zero-order chi connectivity index (χ0) is 22.0. The van der Waals surface area contributed by atoms with Crippen molar-refractivity contribution in [3.05, 3.63) is 23.9 Å². The summed E-state index contributed by atoms with van der Waals surface area (Å²) in [5.41, 5.74) is 6.05. The SMILES string of the molecule is C[C@H](OC(C)(C)C)[C@H](N)C(=O)Nc1cc(CN2C[C@@H](C(F)(F)F)NC2O)ccn1. The van der Waals surface area contributed by atoms with Crippen molar-refractivity contribution >= 4 is 11.7 Å². The summed E-state index contributed by atoms with van der Waals surface area (Å²) in [5, 5.41) is 14.5. The molecule has 5 N–H and O–H groups in total. The number of rotatable bonds is 6. The molecule has 2 rings (SSSR count). The maximum Gasteiger partial charge on any atom is 0.405 e. The molecule has 0 spiro atoms. The highest BCUT2D eigenvalue weighted by Crippen LogP contribution is 2.26. The lowest BCUT2D eigenvalue weighted by atomic mass is 10.1. The van der Waals surface area contributed by atoms with Crippen LogP contribution >= 0.6 is 0 Å². The van der Waals surface area contributed by atoms with Gasteiger partial charge in [0.15, 0.2) is 6.35 Å². The Morgan fingerprint density at radius 3 is 2.69 bits per heavy atom. The van der Waals surface area contributed by atoms with Crippen LogP contribution in [0.5, 0.6) is 0 Å². The average molecular weight is 419 g/mol. The molecular formula is C18H28F3N5O3. The zero-order valence-electron chi connectivity index (χ0n) is 16.8. The molecule has 29 heavy (non-hydrogen) atoms. The van der Waals surface area contributed by atoms with Gasteiger partial charge in [0.25, 0.3) is 0 Å². The van der Waals surface area contributed by atoms with Crippen LogP contribution in [0.1, 0.15) is 33.3 Å². The Balaban J connectivity index is 1.98. The Bertz CT molecular complexity index is 711. The monoisotopic (exact) mass is 419 g/mol. The van der Waals surface area contributed by atoms with E-state index in [1.54, 1.807) is 13.0 Å². The summed E-state index contributed by atoms with van der Waals surface area (Å²) in [4.78, 5) is 17.6. The minimum atomic E-state index is -4.45. The third-order valence-corrected chi connectivity index (χ3v) is 4.32. The number of pyridine rings is 1. The molecule has 1 saturated heterocycles. The van der Waals surface area contributed by atoms with Crippen LogP contribution in [0.3, 0.4) is 0 Å². The first kappa shape index (κ1) is 23.5. The number of anilines is 1. The van der Waals surface area contributed by atoms with Crippen LogP contribution in [0.4, 0.5) is 19.0 Å². The van der Waals surface area contributed by atoms with Gasteiger partial charge in [0, 0.05) is 19.3 Å². The van der Waals surface area contributed by atoms with E-state index in [-0.39, 0.29) is 18.9 Å². The van der Waals surface area contributed by atoms with Crippen molar-refractivity contribution in [1.82, 2.24) is 15.2 Å². The van der Waals surface area contributed by atoms with E-state index in [9.17, 15) is 23.1 Å². The van der Waals surface area contributed by atoms with Crippen molar-refractivity contribution in [2.45, 2.75) is 70.6 Å². The highest BCUT2D eigenvalue weighted by atomic mass is 19.4. The Kier molecular flexibility index (Phi) is 7.23. The first-order chi connectivity index (χ1) is 13.3. The molecule has 1 unspecified atom stereocenters. The summed E-state index contributed by atoms with van der Waals surface area (Å²) in [7, 11) is 0. The number of carbonyl (C=O) groups excluding carboxylic acids is 1. The fraction of sp³-hybridized carbons (Fsp3) is 0.667. The molecule has 164 valence electrons. The third kappa shape index (κ3) is 6.89. The number of nitrogens with zero attached hydrogens (tertiary/aromatic N) is 2. The molecule has 0 aromatic carbocycles. The lowest BCUT2D eigenvalue weighted by Crippen LogP contribution is -2.47. The lowest BCUT2D eigenvalue weighted by Gasteiger charge is -2.28. The normalized spacial score (nSPS) is 23.1. The quantitative estimate of drug-likeness (QED) is 0.547. The molecule has 4 atom stereocenters. The first-order valence-electron chi connectivity index (χ1n) is 9.20. The number of hydrogen-bond donors (Lipinski definition) is 4. The largest absolute Gasteiger partial charge is 0.405 e. The molecule has 1 aliphatic heterocycles. The van der Waals surface area contributed by atoms with Crippen LogP contribution in [-0.4, -0.2) is 63.8 Å². The van der Waals surface area contributed by atoms with Crippen molar-refractivity contribution in [3.8, 4) is 0 Å². The first-order valence-corrected chi connectivity index (χ1v) is 9.20. The predicted octanol–water partition coefficient (Wildman–Crippen LogP) is 1.16. The topological polar surface area (TPSA) is 113 Å². The second-order valence-electron chi connectivity index (χ2n) is 8.06. The predicted molar refractivity (Wildman–Crippen MR) is 101 cm³/mol. The fourth-order valence-electron chi connectivity index (χ4n) is 2.95. The van der Waals surface area contributed by atoms with Crippen LogP contribution in [0.15, 0.2) is 18.3 Å². The van der Waals surface area contributed by atoms with Gasteiger partial charge in [0.2, 0.25) is 5.91 Å². The van der Waals surface area contributed by atoms with Crippen LogP contribution < -0.4 is 16.4 Å². The number of aliphatic hydroxyl groups is 1. The Labute approximate surface area is 167 Å². The Morgan fingerprint density at radius 1 is 1.48 bits per heavy atom. The summed E-state index contributed by atoms with van der Waals surface area (Å²) in [6.07, 6.45) is -4.99. The summed E-state index contributed by atoms with van der Waals surface area (Å²) >= 11 is 0. The van der Waals surface area contributed by atoms with Gasteiger partial charge in [-0.15, -0.1) is 0 Å². The second-order valence-corrected chi connectivity index (χ2v) is 8.06. The summed E-state index contributed by atoms with van der Waals surface area (Å²) < 4.78 is 44.1. The van der Waals surface area contributed by atoms with Gasteiger partial charge >= 0.3 is 6.18 Å². The number of aliphatic hydroxyl groups excluding tert-OH is 1. The molecule has 0 aliphatic carbocycles. The minimum absolute atomic E-state index is 0.0434. The number of hydrogen-bond acceptors (Lipinski definition) is 7. The molecule has 1 aromatic heterocycles. The Hall–Kier alpha value is -1.79. The number of halogens is 3. The number of alkyl halides is 3. The van der Waals surface area contributed by atoms with E-state index in [1.165, 1.54) is 17.2 Å². The van der Waals surface area contributed by atoms with Gasteiger partial charge in [-0.25, -0.2) is 4.98 Å². The van der Waals surface area contributed by atoms with Gasteiger partial charge in [-0.05, 0) is 45.4 Å². The van der Waals surface area contributed by atoms with E-state index in [1.807, 2.05) is 20.8 Å². The van der Waals surface area contributed by atoms with Gasteiger partial charge in [-0.1, -0.05) is 0 Å². The molecule has 8 nitrogen and oxygen atoms in total. The van der Waals surface area contributed by atoms with E-state index in [0.29, 0.717) is 5.56 Å². The molecule has 0 saturated carbocycles. The summed E-state index contributed by atoms with van der Waals surface area (Å²) in [5.74, 6) is -0.286. The standard InChI is InChI=1S/C18H28F3N5O3/c1-10(29-17(2,3)4)14(22)15(27)25-13-7-11(5-6-23-13)8-26-9-12(18(19,20)21)24-16(26)28/h5-7,10,12,14,16,24,28H,8-9,22H2,1-4H3,(H,23,25,27)/t10-,12-,14-,16?/m0/s1. The van der Waals surface area contributed by atoms with E-state index in [2.05, 4.69) is 15.6 Å². The van der Waals surface area contributed by atoms with Gasteiger partial charge in [-0.3, -0.25) is 15.0 Å². The molecule has 11 heteroatoms. The molecule has 0 bridgehead atoms. The molecule has 1 fully saturated rings. The number of nitrogens with two attached hydrogens (primary N) is 1. The number of amides is 1. The van der Waals surface area contributed by atoms with Gasteiger partial charge < -0.3 is 20.9 Å². The molecule has 1 amide bonds. The van der Waals surface area contributed by atoms with E-state index >= 15 is 0 Å². The number of nitrogens with one attached hydrogen (secondary N) is 2. The molecule has 1 aromatic rings. The van der Waals surface area contributed by atoms with E-state index in [4.69, 9.17) is 10.5 Å². The van der Waals surface area contributed by atoms with Crippen molar-refractivity contribution in [2.24, 2.45) is 5.73 Å². The number of ether oxygens (including phenoxy) is 1. The number of aromatic nitrogens is 1. The average Bonchev–Trinajstić information content (AvgIpc) is 2.94. The highest BCUT2D eigenvalue weighted by Gasteiger charge is 2.46. The summed E-state index contributed by atoms with van der Waals surface area (Å²) in [6.45, 7) is 6.90. The second kappa shape index (κ2) is 8.92. The van der Waals surface area contributed by atoms with Crippen molar-refractivity contribution < 1.29 is 27.8 Å². The Morgan fingerprint density at radius 2 is 2.14 bits per heavy atom. The van der Waals surface area contributed by atoms with Crippen LogP contribution in [0, 0.1) is 0 Å².